The SMILES string of the molecule is C=CCN(CC=C)C(=O)NCC(C)N(CC=C)CC=C. The molecule has 4 heteroatoms. The number of carbonyl (C=O) groups excluding carboxylic acids is 1. The molecule has 1 N–H and O–H groups in total. The van der Waals surface area contributed by atoms with E-state index >= 15 is 0 Å². The summed E-state index contributed by atoms with van der Waals surface area (Å²) in [6.45, 7) is 20.0. The van der Waals surface area contributed by atoms with Crippen molar-refractivity contribution in [1.29, 1.82) is 0 Å². The van der Waals surface area contributed by atoms with Gasteiger partial charge in [0.1, 0.15) is 0 Å². The van der Waals surface area contributed by atoms with Crippen LogP contribution in [0, 0.1) is 0 Å². The fourth-order valence-electron chi connectivity index (χ4n) is 1.79. The fourth-order valence-corrected chi connectivity index (χ4v) is 1.79. The van der Waals surface area contributed by atoms with Crippen LogP contribution in [-0.2, 0) is 0 Å². The van der Waals surface area contributed by atoms with Crippen LogP contribution in [0.1, 0.15) is 6.92 Å². The molecule has 2 amide bonds. The second kappa shape index (κ2) is 11.1. The van der Waals surface area contributed by atoms with Crippen molar-refractivity contribution in [3.05, 3.63) is 50.6 Å². The molecular formula is C16H27N3O. The van der Waals surface area contributed by atoms with Crippen LogP contribution in [-0.4, -0.2) is 54.6 Å². The van der Waals surface area contributed by atoms with Crippen molar-refractivity contribution in [2.75, 3.05) is 32.7 Å². The molecule has 0 saturated carbocycles. The zero-order chi connectivity index (χ0) is 15.4. The highest BCUT2D eigenvalue weighted by atomic mass is 16.2. The highest BCUT2D eigenvalue weighted by Gasteiger charge is 2.14. The molecule has 0 bridgehead atoms. The summed E-state index contributed by atoms with van der Waals surface area (Å²) < 4.78 is 0. The van der Waals surface area contributed by atoms with E-state index in [1.54, 1.807) is 17.1 Å². The lowest BCUT2D eigenvalue weighted by Crippen LogP contribution is -2.47. The standard InChI is InChI=1S/C16H27N3O/c1-6-10-18(11-7-2)15(5)14-17-16(20)19(12-8-3)13-9-4/h6-9,15H,1-4,10-14H2,5H3,(H,17,20). The van der Waals surface area contributed by atoms with Crippen LogP contribution in [0.4, 0.5) is 4.79 Å². The van der Waals surface area contributed by atoms with E-state index in [-0.39, 0.29) is 12.1 Å². The topological polar surface area (TPSA) is 35.6 Å². The van der Waals surface area contributed by atoms with Gasteiger partial charge in [0.15, 0.2) is 0 Å². The second-order valence-electron chi connectivity index (χ2n) is 4.55. The van der Waals surface area contributed by atoms with E-state index in [4.69, 9.17) is 0 Å². The number of nitrogens with one attached hydrogen (secondary N) is 1. The third-order valence-corrected chi connectivity index (χ3v) is 2.89. The van der Waals surface area contributed by atoms with Gasteiger partial charge in [-0.2, -0.15) is 0 Å². The quantitative estimate of drug-likeness (QED) is 0.589. The van der Waals surface area contributed by atoms with E-state index in [0.717, 1.165) is 13.1 Å². The summed E-state index contributed by atoms with van der Waals surface area (Å²) in [5, 5.41) is 2.93. The van der Waals surface area contributed by atoms with Crippen molar-refractivity contribution in [3.8, 4) is 0 Å². The van der Waals surface area contributed by atoms with Crippen LogP contribution in [0.3, 0.4) is 0 Å². The van der Waals surface area contributed by atoms with Crippen LogP contribution >= 0.6 is 0 Å². The Balaban J connectivity index is 4.37. The molecular weight excluding hydrogens is 250 g/mol. The van der Waals surface area contributed by atoms with Gasteiger partial charge in [-0.3, -0.25) is 4.90 Å². The highest BCUT2D eigenvalue weighted by molar-refractivity contribution is 5.74. The monoisotopic (exact) mass is 277 g/mol. The van der Waals surface area contributed by atoms with Crippen molar-refractivity contribution in [3.63, 3.8) is 0 Å². The first-order chi connectivity index (χ1) is 9.60. The first-order valence-electron chi connectivity index (χ1n) is 6.81. The van der Waals surface area contributed by atoms with Crippen LogP contribution < -0.4 is 5.32 Å². The third-order valence-electron chi connectivity index (χ3n) is 2.89. The van der Waals surface area contributed by atoms with Crippen molar-refractivity contribution >= 4 is 6.03 Å². The summed E-state index contributed by atoms with van der Waals surface area (Å²) in [4.78, 5) is 15.9. The van der Waals surface area contributed by atoms with Gasteiger partial charge in [0.25, 0.3) is 0 Å². The summed E-state index contributed by atoms with van der Waals surface area (Å²) in [6.07, 6.45) is 7.11. The second-order valence-corrected chi connectivity index (χ2v) is 4.55. The Morgan fingerprint density at radius 1 is 1.00 bits per heavy atom. The Labute approximate surface area is 123 Å². The van der Waals surface area contributed by atoms with Gasteiger partial charge in [0, 0.05) is 38.8 Å². The van der Waals surface area contributed by atoms with Crippen LogP contribution in [0.25, 0.3) is 0 Å². The molecule has 1 atom stereocenters. The van der Waals surface area contributed by atoms with Crippen LogP contribution in [0.2, 0.25) is 0 Å². The molecule has 0 aromatic heterocycles. The molecule has 1 unspecified atom stereocenters. The molecule has 0 aliphatic carbocycles. The minimum Gasteiger partial charge on any atom is -0.336 e. The number of carbonyl (C=O) groups is 1. The minimum absolute atomic E-state index is 0.103. The Bertz CT molecular complexity index is 319. The van der Waals surface area contributed by atoms with Gasteiger partial charge in [-0.25, -0.2) is 4.79 Å². The van der Waals surface area contributed by atoms with E-state index < -0.39 is 0 Å². The predicted octanol–water partition coefficient (Wildman–Crippen LogP) is 2.43. The number of hydrogen-bond acceptors (Lipinski definition) is 2. The summed E-state index contributed by atoms with van der Waals surface area (Å²) in [5.41, 5.74) is 0. The van der Waals surface area contributed by atoms with Gasteiger partial charge in [0.2, 0.25) is 0 Å². The number of amides is 2. The van der Waals surface area contributed by atoms with Crippen molar-refractivity contribution in [2.24, 2.45) is 0 Å². The molecule has 0 saturated heterocycles. The van der Waals surface area contributed by atoms with Gasteiger partial charge in [-0.05, 0) is 6.92 Å². The zero-order valence-electron chi connectivity index (χ0n) is 12.6. The summed E-state index contributed by atoms with van der Waals surface area (Å²) in [7, 11) is 0. The molecule has 0 aliphatic rings. The molecule has 0 aliphatic heterocycles. The predicted molar refractivity (Wildman–Crippen MR) is 86.8 cm³/mol. The number of rotatable bonds is 11. The molecule has 0 radical (unpaired) electrons. The van der Waals surface area contributed by atoms with E-state index in [2.05, 4.69) is 43.5 Å². The molecule has 4 nitrogen and oxygen atoms in total. The maximum Gasteiger partial charge on any atom is 0.318 e. The minimum atomic E-state index is -0.103. The first kappa shape index (κ1) is 18.2. The van der Waals surface area contributed by atoms with E-state index in [0.29, 0.717) is 19.6 Å². The average molecular weight is 277 g/mol. The molecule has 0 aromatic rings. The molecule has 112 valence electrons. The molecule has 0 fully saturated rings. The van der Waals surface area contributed by atoms with Crippen molar-refractivity contribution < 1.29 is 4.79 Å². The lowest BCUT2D eigenvalue weighted by molar-refractivity contribution is 0.199. The number of urea groups is 1. The Kier molecular flexibility index (Phi) is 10.1. The molecule has 20 heavy (non-hydrogen) atoms. The molecule has 0 aromatic carbocycles. The lowest BCUT2D eigenvalue weighted by atomic mass is 10.2. The Morgan fingerprint density at radius 2 is 1.45 bits per heavy atom. The van der Waals surface area contributed by atoms with Crippen molar-refractivity contribution in [1.82, 2.24) is 15.1 Å². The van der Waals surface area contributed by atoms with Gasteiger partial charge in [-0.1, -0.05) is 24.3 Å². The molecule has 0 spiro atoms. The van der Waals surface area contributed by atoms with Gasteiger partial charge in [-0.15, -0.1) is 26.3 Å². The van der Waals surface area contributed by atoms with Gasteiger partial charge >= 0.3 is 6.03 Å². The smallest absolute Gasteiger partial charge is 0.318 e. The molecule has 0 rings (SSSR count). The lowest BCUT2D eigenvalue weighted by Gasteiger charge is -2.28. The number of nitrogens with zero attached hydrogens (tertiary/aromatic N) is 2. The maximum absolute atomic E-state index is 12.0. The largest absolute Gasteiger partial charge is 0.336 e. The van der Waals surface area contributed by atoms with E-state index in [9.17, 15) is 4.79 Å². The van der Waals surface area contributed by atoms with Crippen molar-refractivity contribution in [2.45, 2.75) is 13.0 Å². The zero-order valence-corrected chi connectivity index (χ0v) is 12.6. The van der Waals surface area contributed by atoms with Crippen LogP contribution in [0.5, 0.6) is 0 Å². The maximum atomic E-state index is 12.0. The summed E-state index contributed by atoms with van der Waals surface area (Å²) >= 11 is 0. The third kappa shape index (κ3) is 6.95. The summed E-state index contributed by atoms with van der Waals surface area (Å²) in [5.74, 6) is 0. The van der Waals surface area contributed by atoms with Gasteiger partial charge in [0.05, 0.1) is 0 Å². The molecule has 0 heterocycles. The number of hydrogen-bond donors (Lipinski definition) is 1. The van der Waals surface area contributed by atoms with Gasteiger partial charge < -0.3 is 10.2 Å². The summed E-state index contributed by atoms with van der Waals surface area (Å²) in [6, 6.07) is 0.109. The Hall–Kier alpha value is -1.81. The fraction of sp³-hybridized carbons (Fsp3) is 0.438. The van der Waals surface area contributed by atoms with E-state index in [1.807, 2.05) is 12.2 Å². The van der Waals surface area contributed by atoms with E-state index in [1.165, 1.54) is 0 Å². The highest BCUT2D eigenvalue weighted by Crippen LogP contribution is 1.99. The first-order valence-corrected chi connectivity index (χ1v) is 6.81. The normalized spacial score (nSPS) is 11.5. The average Bonchev–Trinajstić information content (AvgIpc) is 2.44. The Morgan fingerprint density at radius 3 is 1.85 bits per heavy atom. The van der Waals surface area contributed by atoms with Crippen LogP contribution in [0.15, 0.2) is 50.6 Å².